The van der Waals surface area contributed by atoms with Crippen LogP contribution in [-0.4, -0.2) is 56.9 Å². The molecule has 2 aliphatic rings. The van der Waals surface area contributed by atoms with Crippen LogP contribution in [0, 0.1) is 4.77 Å². The van der Waals surface area contributed by atoms with Gasteiger partial charge in [0.25, 0.3) is 0 Å². The summed E-state index contributed by atoms with van der Waals surface area (Å²) in [6.45, 7) is 11.2. The Morgan fingerprint density at radius 2 is 2.00 bits per heavy atom. The fourth-order valence-corrected chi connectivity index (χ4v) is 3.83. The fraction of sp³-hybridized carbons (Fsp3) is 0.474. The number of hydrogen-bond acceptors (Lipinski definition) is 5. The van der Waals surface area contributed by atoms with Crippen molar-refractivity contribution < 1.29 is 4.74 Å². The molecule has 0 amide bonds. The molecule has 1 fully saturated rings. The highest BCUT2D eigenvalue weighted by Gasteiger charge is 2.19. The quantitative estimate of drug-likeness (QED) is 0.576. The molecule has 1 aromatic heterocycles. The van der Waals surface area contributed by atoms with Gasteiger partial charge in [-0.2, -0.15) is 5.10 Å². The minimum atomic E-state index is 0.707. The average molecular weight is 372 g/mol. The second-order valence-corrected chi connectivity index (χ2v) is 7.30. The Kier molecular flexibility index (Phi) is 5.19. The number of piperazine rings is 1. The lowest BCUT2D eigenvalue weighted by molar-refractivity contribution is 0.0980. The van der Waals surface area contributed by atoms with E-state index in [1.54, 1.807) is 6.33 Å². The summed E-state index contributed by atoms with van der Waals surface area (Å²) in [6.07, 6.45) is 4.67. The summed E-state index contributed by atoms with van der Waals surface area (Å²) in [5, 5.41) is 4.41. The summed E-state index contributed by atoms with van der Waals surface area (Å²) in [6, 6.07) is 6.62. The Bertz CT molecular complexity index is 835. The minimum absolute atomic E-state index is 0.707. The largest absolute Gasteiger partial charge is 0.493 e. The van der Waals surface area contributed by atoms with Crippen molar-refractivity contribution in [1.29, 1.82) is 0 Å². The number of benzene rings is 1. The van der Waals surface area contributed by atoms with Crippen LogP contribution in [0.4, 0.5) is 0 Å². The van der Waals surface area contributed by atoms with Crippen molar-refractivity contribution >= 4 is 12.2 Å². The topological polar surface area (TPSA) is 38.5 Å². The number of nitrogens with zero attached hydrogens (tertiary/aromatic N) is 5. The van der Waals surface area contributed by atoms with Gasteiger partial charge in [0.1, 0.15) is 12.1 Å². The van der Waals surface area contributed by atoms with Gasteiger partial charge in [-0.3, -0.25) is 9.80 Å². The third kappa shape index (κ3) is 3.75. The van der Waals surface area contributed by atoms with E-state index in [1.807, 2.05) is 15.3 Å². The van der Waals surface area contributed by atoms with Crippen LogP contribution in [0.2, 0.25) is 0 Å². The fourth-order valence-electron chi connectivity index (χ4n) is 3.61. The van der Waals surface area contributed by atoms with Gasteiger partial charge in [0, 0.05) is 45.7 Å². The van der Waals surface area contributed by atoms with Crippen LogP contribution >= 0.6 is 12.2 Å². The maximum Gasteiger partial charge on any atom is 0.199 e. The highest BCUT2D eigenvalue weighted by atomic mass is 32.1. The first kappa shape index (κ1) is 17.5. The third-order valence-corrected chi connectivity index (χ3v) is 5.53. The van der Waals surface area contributed by atoms with Gasteiger partial charge in [0.2, 0.25) is 0 Å². The van der Waals surface area contributed by atoms with Crippen LogP contribution in [0.25, 0.3) is 0 Å². The standard InChI is InChI=1S/C19H25N5OS/c1-2-6-23-14-20-24(19(23)26)15-22-9-7-21(8-10-22)13-16-3-4-18-17(12-16)5-11-25-18/h2-4,12,14H,1,5-11,13,15H2. The van der Waals surface area contributed by atoms with Crippen molar-refractivity contribution in [1.82, 2.24) is 24.1 Å². The van der Waals surface area contributed by atoms with Crippen LogP contribution in [0.15, 0.2) is 37.2 Å². The van der Waals surface area contributed by atoms with E-state index < -0.39 is 0 Å². The summed E-state index contributed by atoms with van der Waals surface area (Å²) < 4.78 is 10.2. The normalized spacial score (nSPS) is 17.8. The molecule has 1 saturated heterocycles. The van der Waals surface area contributed by atoms with Crippen LogP contribution < -0.4 is 4.74 Å². The van der Waals surface area contributed by atoms with E-state index in [0.29, 0.717) is 6.54 Å². The highest BCUT2D eigenvalue weighted by molar-refractivity contribution is 7.71. The van der Waals surface area contributed by atoms with Crippen molar-refractivity contribution in [2.75, 3.05) is 32.8 Å². The van der Waals surface area contributed by atoms with E-state index in [0.717, 1.165) is 62.9 Å². The van der Waals surface area contributed by atoms with Gasteiger partial charge in [-0.25, -0.2) is 4.68 Å². The van der Waals surface area contributed by atoms with Crippen molar-refractivity contribution in [3.05, 3.63) is 53.1 Å². The van der Waals surface area contributed by atoms with Crippen LogP contribution in [-0.2, 0) is 26.2 Å². The minimum Gasteiger partial charge on any atom is -0.493 e. The van der Waals surface area contributed by atoms with E-state index in [1.165, 1.54) is 11.1 Å². The molecule has 2 aliphatic heterocycles. The summed E-state index contributed by atoms with van der Waals surface area (Å²) in [7, 11) is 0. The predicted octanol–water partition coefficient (Wildman–Crippen LogP) is 2.31. The Hall–Kier alpha value is -1.96. The number of fused-ring (bicyclic) bond motifs is 1. The Labute approximate surface area is 159 Å². The molecule has 3 heterocycles. The van der Waals surface area contributed by atoms with Gasteiger partial charge in [0.05, 0.1) is 13.3 Å². The molecule has 0 N–H and O–H groups in total. The van der Waals surface area contributed by atoms with Crippen LogP contribution in [0.1, 0.15) is 11.1 Å². The summed E-state index contributed by atoms with van der Waals surface area (Å²) >= 11 is 5.48. The summed E-state index contributed by atoms with van der Waals surface area (Å²) in [5.74, 6) is 1.06. The highest BCUT2D eigenvalue weighted by Crippen LogP contribution is 2.26. The molecule has 0 spiro atoms. The lowest BCUT2D eigenvalue weighted by atomic mass is 10.1. The maximum atomic E-state index is 5.60. The lowest BCUT2D eigenvalue weighted by Gasteiger charge is -2.34. The second kappa shape index (κ2) is 7.73. The van der Waals surface area contributed by atoms with Crippen molar-refractivity contribution in [2.24, 2.45) is 0 Å². The van der Waals surface area contributed by atoms with Gasteiger partial charge in [-0.05, 0) is 29.4 Å². The lowest BCUT2D eigenvalue weighted by Crippen LogP contribution is -2.46. The molecule has 7 heteroatoms. The predicted molar refractivity (Wildman–Crippen MR) is 104 cm³/mol. The number of rotatable bonds is 6. The maximum absolute atomic E-state index is 5.60. The van der Waals surface area contributed by atoms with E-state index in [-0.39, 0.29) is 0 Å². The first-order valence-electron chi connectivity index (χ1n) is 9.15. The van der Waals surface area contributed by atoms with Gasteiger partial charge in [0.15, 0.2) is 4.77 Å². The summed E-state index contributed by atoms with van der Waals surface area (Å²) in [5.41, 5.74) is 2.73. The molecule has 2 aromatic rings. The molecular weight excluding hydrogens is 346 g/mol. The monoisotopic (exact) mass is 371 g/mol. The van der Waals surface area contributed by atoms with E-state index in [2.05, 4.69) is 39.7 Å². The number of aromatic nitrogens is 3. The Morgan fingerprint density at radius 1 is 1.19 bits per heavy atom. The van der Waals surface area contributed by atoms with Gasteiger partial charge >= 0.3 is 0 Å². The SMILES string of the molecule is C=CCn1cnn(CN2CCN(Cc3ccc4c(c3)CCO4)CC2)c1=S. The molecular formula is C19H25N5OS. The average Bonchev–Trinajstić information content (AvgIpc) is 3.25. The van der Waals surface area contributed by atoms with Crippen LogP contribution in [0.5, 0.6) is 5.75 Å². The zero-order valence-corrected chi connectivity index (χ0v) is 15.8. The number of allylic oxidation sites excluding steroid dienone is 1. The van der Waals surface area contributed by atoms with E-state index in [9.17, 15) is 0 Å². The number of ether oxygens (including phenoxy) is 1. The first-order valence-corrected chi connectivity index (χ1v) is 9.56. The van der Waals surface area contributed by atoms with Crippen molar-refractivity contribution in [3.8, 4) is 5.75 Å². The molecule has 1 aromatic carbocycles. The molecule has 0 unspecified atom stereocenters. The zero-order chi connectivity index (χ0) is 17.9. The van der Waals surface area contributed by atoms with E-state index >= 15 is 0 Å². The zero-order valence-electron chi connectivity index (χ0n) is 15.0. The molecule has 0 atom stereocenters. The Balaban J connectivity index is 1.30. The third-order valence-electron chi connectivity index (χ3n) is 5.08. The molecule has 0 radical (unpaired) electrons. The van der Waals surface area contributed by atoms with E-state index in [4.69, 9.17) is 17.0 Å². The first-order chi connectivity index (χ1) is 12.7. The molecule has 4 rings (SSSR count). The second-order valence-electron chi connectivity index (χ2n) is 6.93. The van der Waals surface area contributed by atoms with Crippen molar-refractivity contribution in [3.63, 3.8) is 0 Å². The Morgan fingerprint density at radius 3 is 2.81 bits per heavy atom. The van der Waals surface area contributed by atoms with Gasteiger partial charge < -0.3 is 9.30 Å². The van der Waals surface area contributed by atoms with Gasteiger partial charge in [-0.1, -0.05) is 18.2 Å². The smallest absolute Gasteiger partial charge is 0.199 e. The molecule has 0 aliphatic carbocycles. The van der Waals surface area contributed by atoms with Crippen molar-refractivity contribution in [2.45, 2.75) is 26.2 Å². The molecule has 0 saturated carbocycles. The van der Waals surface area contributed by atoms with Crippen LogP contribution in [0.3, 0.4) is 0 Å². The summed E-state index contributed by atoms with van der Waals surface area (Å²) in [4.78, 5) is 4.93. The molecule has 138 valence electrons. The molecule has 0 bridgehead atoms. The molecule has 6 nitrogen and oxygen atoms in total. The number of hydrogen-bond donors (Lipinski definition) is 0. The molecule has 26 heavy (non-hydrogen) atoms. The van der Waals surface area contributed by atoms with Gasteiger partial charge in [-0.15, -0.1) is 6.58 Å².